The third-order valence-corrected chi connectivity index (χ3v) is 5.83. The first-order valence-corrected chi connectivity index (χ1v) is 8.92. The molecule has 0 radical (unpaired) electrons. The van der Waals surface area contributed by atoms with Gasteiger partial charge in [0.25, 0.3) is 0 Å². The number of fused-ring (bicyclic) bond motifs is 1. The van der Waals surface area contributed by atoms with Crippen molar-refractivity contribution in [3.05, 3.63) is 24.3 Å². The molecule has 1 fully saturated rings. The van der Waals surface area contributed by atoms with Crippen molar-refractivity contribution in [2.24, 2.45) is 0 Å². The molecular formula is C15H16N2O4S2. The first-order valence-electron chi connectivity index (χ1n) is 7.12. The second kappa shape index (κ2) is 6.86. The predicted molar refractivity (Wildman–Crippen MR) is 88.5 cm³/mol. The highest BCUT2D eigenvalue weighted by molar-refractivity contribution is 8.01. The molecule has 1 aromatic carbocycles. The quantitative estimate of drug-likeness (QED) is 0.664. The Balaban J connectivity index is 1.65. The molecule has 0 spiro atoms. The van der Waals surface area contributed by atoms with E-state index in [1.807, 2.05) is 24.3 Å². The van der Waals surface area contributed by atoms with Crippen molar-refractivity contribution >= 4 is 45.2 Å². The van der Waals surface area contributed by atoms with Crippen molar-refractivity contribution in [1.29, 1.82) is 0 Å². The molecule has 23 heavy (non-hydrogen) atoms. The molecule has 1 aliphatic rings. The van der Waals surface area contributed by atoms with Crippen LogP contribution in [0.2, 0.25) is 0 Å². The number of thiazole rings is 1. The monoisotopic (exact) mass is 352 g/mol. The lowest BCUT2D eigenvalue weighted by atomic mass is 10.2. The van der Waals surface area contributed by atoms with Crippen molar-refractivity contribution in [3.8, 4) is 0 Å². The fourth-order valence-corrected chi connectivity index (χ4v) is 4.52. The Labute approximate surface area is 141 Å². The number of likely N-dealkylation sites (tertiary alicyclic amines) is 1. The number of carbonyl (C=O) groups excluding carboxylic acids is 2. The van der Waals surface area contributed by atoms with Gasteiger partial charge in [0.05, 0.1) is 29.2 Å². The summed E-state index contributed by atoms with van der Waals surface area (Å²) in [5.41, 5.74) is 0.913. The summed E-state index contributed by atoms with van der Waals surface area (Å²) in [5, 5.41) is 9.73. The van der Waals surface area contributed by atoms with Gasteiger partial charge in [-0.2, -0.15) is 0 Å². The third-order valence-electron chi connectivity index (χ3n) is 3.67. The van der Waals surface area contributed by atoms with E-state index >= 15 is 0 Å². The maximum Gasteiger partial charge on any atom is 0.328 e. The third kappa shape index (κ3) is 3.49. The van der Waals surface area contributed by atoms with Gasteiger partial charge in [0.2, 0.25) is 5.91 Å². The molecule has 3 rings (SSSR count). The number of hydrogen-bond donors (Lipinski definition) is 1. The number of aromatic nitrogens is 1. The summed E-state index contributed by atoms with van der Waals surface area (Å²) >= 11 is 2.88. The average Bonchev–Trinajstić information content (AvgIpc) is 3.14. The number of rotatable bonds is 4. The van der Waals surface area contributed by atoms with Gasteiger partial charge in [0.15, 0.2) is 4.34 Å². The van der Waals surface area contributed by atoms with E-state index in [1.165, 1.54) is 35.1 Å². The molecule has 122 valence electrons. The Morgan fingerprint density at radius 2 is 2.26 bits per heavy atom. The van der Waals surface area contributed by atoms with Gasteiger partial charge in [-0.15, -0.1) is 11.3 Å². The summed E-state index contributed by atoms with van der Waals surface area (Å²) in [4.78, 5) is 30.0. The van der Waals surface area contributed by atoms with Gasteiger partial charge in [0.1, 0.15) is 6.04 Å². The van der Waals surface area contributed by atoms with E-state index in [9.17, 15) is 14.7 Å². The molecule has 2 unspecified atom stereocenters. The molecule has 1 aliphatic heterocycles. The highest BCUT2D eigenvalue weighted by atomic mass is 32.2. The first-order chi connectivity index (χ1) is 11.1. The van der Waals surface area contributed by atoms with Gasteiger partial charge in [0, 0.05) is 13.0 Å². The minimum atomic E-state index is -0.696. The summed E-state index contributed by atoms with van der Waals surface area (Å²) in [7, 11) is 1.28. The van der Waals surface area contributed by atoms with E-state index in [2.05, 4.69) is 4.98 Å². The van der Waals surface area contributed by atoms with E-state index in [4.69, 9.17) is 4.74 Å². The molecule has 0 bridgehead atoms. The van der Waals surface area contributed by atoms with E-state index in [1.54, 1.807) is 0 Å². The van der Waals surface area contributed by atoms with E-state index < -0.39 is 18.1 Å². The number of benzene rings is 1. The van der Waals surface area contributed by atoms with Crippen LogP contribution in [-0.2, 0) is 14.3 Å². The molecule has 0 saturated carbocycles. The number of amides is 1. The van der Waals surface area contributed by atoms with E-state index in [-0.39, 0.29) is 24.6 Å². The van der Waals surface area contributed by atoms with Crippen LogP contribution < -0.4 is 0 Å². The number of methoxy groups -OCH3 is 1. The fraction of sp³-hybridized carbons (Fsp3) is 0.400. The van der Waals surface area contributed by atoms with Gasteiger partial charge >= 0.3 is 5.97 Å². The Morgan fingerprint density at radius 3 is 3.00 bits per heavy atom. The van der Waals surface area contributed by atoms with Gasteiger partial charge in [-0.05, 0) is 12.1 Å². The lowest BCUT2D eigenvalue weighted by Gasteiger charge is -2.21. The SMILES string of the molecule is COC(=O)C1CC(O)CN1C(=O)CSc1nc2ccccc2s1. The number of aliphatic hydroxyl groups excluding tert-OH is 1. The maximum atomic E-state index is 12.4. The van der Waals surface area contributed by atoms with E-state index in [0.717, 1.165) is 14.6 Å². The number of carbonyl (C=O) groups is 2. The van der Waals surface area contributed by atoms with Crippen LogP contribution >= 0.6 is 23.1 Å². The number of ether oxygens (including phenoxy) is 1. The molecule has 8 heteroatoms. The topological polar surface area (TPSA) is 79.7 Å². The summed E-state index contributed by atoms with van der Waals surface area (Å²) in [5.74, 6) is -0.499. The second-order valence-corrected chi connectivity index (χ2v) is 7.46. The lowest BCUT2D eigenvalue weighted by molar-refractivity contribution is -0.150. The number of aliphatic hydroxyl groups is 1. The fourth-order valence-electron chi connectivity index (χ4n) is 2.57. The van der Waals surface area contributed by atoms with Gasteiger partial charge in [-0.25, -0.2) is 9.78 Å². The van der Waals surface area contributed by atoms with Gasteiger partial charge in [-0.1, -0.05) is 23.9 Å². The van der Waals surface area contributed by atoms with Crippen LogP contribution in [0.4, 0.5) is 0 Å². The number of para-hydroxylation sites is 1. The Kier molecular flexibility index (Phi) is 4.84. The number of β-amino-alcohol motifs (C(OH)–C–C–N with tert-alkyl or cyclic N) is 1. The van der Waals surface area contributed by atoms with Gasteiger partial charge < -0.3 is 14.7 Å². The zero-order valence-electron chi connectivity index (χ0n) is 12.5. The van der Waals surface area contributed by atoms with Crippen molar-refractivity contribution in [1.82, 2.24) is 9.88 Å². The van der Waals surface area contributed by atoms with E-state index in [0.29, 0.717) is 0 Å². The standard InChI is InChI=1S/C15H16N2O4S2/c1-21-14(20)11-6-9(18)7-17(11)13(19)8-22-15-16-10-4-2-3-5-12(10)23-15/h2-5,9,11,18H,6-8H2,1H3. The van der Waals surface area contributed by atoms with Crippen molar-refractivity contribution < 1.29 is 19.4 Å². The zero-order valence-corrected chi connectivity index (χ0v) is 14.1. The van der Waals surface area contributed by atoms with Crippen molar-refractivity contribution in [2.75, 3.05) is 19.4 Å². The molecule has 0 aliphatic carbocycles. The number of thioether (sulfide) groups is 1. The smallest absolute Gasteiger partial charge is 0.328 e. The molecule has 1 N–H and O–H groups in total. The lowest BCUT2D eigenvalue weighted by Crippen LogP contribution is -2.42. The van der Waals surface area contributed by atoms with Crippen LogP contribution in [0, 0.1) is 0 Å². The highest BCUT2D eigenvalue weighted by Gasteiger charge is 2.39. The summed E-state index contributed by atoms with van der Waals surface area (Å²) in [6, 6.07) is 7.10. The van der Waals surface area contributed by atoms with Crippen LogP contribution in [0.15, 0.2) is 28.6 Å². The molecular weight excluding hydrogens is 336 g/mol. The first kappa shape index (κ1) is 16.2. The van der Waals surface area contributed by atoms with Crippen LogP contribution in [0.25, 0.3) is 10.2 Å². The second-order valence-electron chi connectivity index (χ2n) is 5.21. The molecule has 6 nitrogen and oxygen atoms in total. The normalized spacial score (nSPS) is 20.9. The maximum absolute atomic E-state index is 12.4. The predicted octanol–water partition coefficient (Wildman–Crippen LogP) is 1.52. The Morgan fingerprint density at radius 1 is 1.48 bits per heavy atom. The van der Waals surface area contributed by atoms with Crippen LogP contribution in [0.1, 0.15) is 6.42 Å². The zero-order chi connectivity index (χ0) is 16.4. The summed E-state index contributed by atoms with van der Waals surface area (Å²) in [6.07, 6.45) is -0.458. The number of hydrogen-bond acceptors (Lipinski definition) is 7. The minimum absolute atomic E-state index is 0.166. The summed E-state index contributed by atoms with van der Waals surface area (Å²) < 4.78 is 6.59. The molecule has 2 heterocycles. The molecule has 1 saturated heterocycles. The molecule has 2 aromatic rings. The van der Waals surface area contributed by atoms with Crippen LogP contribution in [0.3, 0.4) is 0 Å². The summed E-state index contributed by atoms with van der Waals surface area (Å²) in [6.45, 7) is 0.166. The number of esters is 1. The average molecular weight is 352 g/mol. The largest absolute Gasteiger partial charge is 0.467 e. The molecule has 1 aromatic heterocycles. The minimum Gasteiger partial charge on any atom is -0.467 e. The van der Waals surface area contributed by atoms with Gasteiger partial charge in [-0.3, -0.25) is 4.79 Å². The highest BCUT2D eigenvalue weighted by Crippen LogP contribution is 2.30. The van der Waals surface area contributed by atoms with Crippen molar-refractivity contribution in [2.45, 2.75) is 22.9 Å². The van der Waals surface area contributed by atoms with Crippen molar-refractivity contribution in [3.63, 3.8) is 0 Å². The number of nitrogens with zero attached hydrogens (tertiary/aromatic N) is 2. The van der Waals surface area contributed by atoms with Crippen LogP contribution in [0.5, 0.6) is 0 Å². The Bertz CT molecular complexity index is 700. The molecule has 2 atom stereocenters. The van der Waals surface area contributed by atoms with Crippen LogP contribution in [-0.4, -0.2) is 58.4 Å². The Hall–Kier alpha value is -1.64. The molecule has 1 amide bonds.